The van der Waals surface area contributed by atoms with Crippen molar-refractivity contribution < 1.29 is 5.11 Å². The van der Waals surface area contributed by atoms with Gasteiger partial charge < -0.3 is 10.4 Å². The van der Waals surface area contributed by atoms with E-state index in [9.17, 15) is 5.11 Å². The topological polar surface area (TPSA) is 32.3 Å². The molecule has 0 aromatic heterocycles. The molecule has 0 saturated heterocycles. The molecule has 2 atom stereocenters. The van der Waals surface area contributed by atoms with Gasteiger partial charge in [0.2, 0.25) is 0 Å². The van der Waals surface area contributed by atoms with Gasteiger partial charge in [-0.05, 0) is 36.4 Å². The molecule has 0 fully saturated rings. The van der Waals surface area contributed by atoms with Gasteiger partial charge in [-0.15, -0.1) is 0 Å². The molecule has 2 heteroatoms. The van der Waals surface area contributed by atoms with E-state index in [1.165, 1.54) is 12.0 Å². The Hall–Kier alpha value is -0.860. The molecule has 0 aliphatic heterocycles. The average Bonchev–Trinajstić information content (AvgIpc) is 2.56. The SMILES string of the molecule is CC(C)CCN[C@@H]1Cc2ccccc2[C@@H]1O. The molecule has 0 bridgehead atoms. The zero-order chi connectivity index (χ0) is 11.5. The number of aliphatic hydroxyl groups excluding tert-OH is 1. The number of rotatable bonds is 4. The number of hydrogen-bond acceptors (Lipinski definition) is 2. The van der Waals surface area contributed by atoms with Crippen LogP contribution >= 0.6 is 0 Å². The predicted octanol–water partition coefficient (Wildman–Crippen LogP) is 2.28. The number of fused-ring (bicyclic) bond motifs is 1. The molecule has 1 aliphatic carbocycles. The van der Waals surface area contributed by atoms with Crippen LogP contribution in [0, 0.1) is 5.92 Å². The van der Waals surface area contributed by atoms with Crippen LogP contribution in [0.2, 0.25) is 0 Å². The zero-order valence-corrected chi connectivity index (χ0v) is 10.1. The van der Waals surface area contributed by atoms with Crippen LogP contribution < -0.4 is 5.32 Å². The second-order valence-electron chi connectivity index (χ2n) is 5.09. The van der Waals surface area contributed by atoms with Crippen LogP contribution in [-0.4, -0.2) is 17.7 Å². The highest BCUT2D eigenvalue weighted by Gasteiger charge is 2.29. The maximum Gasteiger partial charge on any atom is 0.0948 e. The quantitative estimate of drug-likeness (QED) is 0.814. The summed E-state index contributed by atoms with van der Waals surface area (Å²) in [6.45, 7) is 5.44. The van der Waals surface area contributed by atoms with E-state index < -0.39 is 0 Å². The van der Waals surface area contributed by atoms with Crippen molar-refractivity contribution in [2.24, 2.45) is 5.92 Å². The van der Waals surface area contributed by atoms with Gasteiger partial charge in [-0.25, -0.2) is 0 Å². The van der Waals surface area contributed by atoms with Crippen LogP contribution in [0.25, 0.3) is 0 Å². The van der Waals surface area contributed by atoms with Gasteiger partial charge in [-0.3, -0.25) is 0 Å². The molecular formula is C14H21NO. The van der Waals surface area contributed by atoms with Gasteiger partial charge in [0.1, 0.15) is 0 Å². The van der Waals surface area contributed by atoms with Gasteiger partial charge in [0.15, 0.2) is 0 Å². The molecule has 2 N–H and O–H groups in total. The summed E-state index contributed by atoms with van der Waals surface area (Å²) in [7, 11) is 0. The Kier molecular flexibility index (Phi) is 3.62. The zero-order valence-electron chi connectivity index (χ0n) is 10.1. The third-order valence-corrected chi connectivity index (χ3v) is 3.32. The number of hydrogen-bond donors (Lipinski definition) is 2. The summed E-state index contributed by atoms with van der Waals surface area (Å²) in [5.74, 6) is 0.716. The lowest BCUT2D eigenvalue weighted by atomic mass is 10.1. The average molecular weight is 219 g/mol. The molecule has 1 aromatic carbocycles. The normalized spacial score (nSPS) is 23.8. The molecule has 0 radical (unpaired) electrons. The smallest absolute Gasteiger partial charge is 0.0948 e. The molecule has 16 heavy (non-hydrogen) atoms. The van der Waals surface area contributed by atoms with Gasteiger partial charge >= 0.3 is 0 Å². The van der Waals surface area contributed by atoms with Crippen molar-refractivity contribution in [3.8, 4) is 0 Å². The maximum atomic E-state index is 10.1. The van der Waals surface area contributed by atoms with E-state index in [0.29, 0.717) is 5.92 Å². The predicted molar refractivity (Wildman–Crippen MR) is 66.4 cm³/mol. The van der Waals surface area contributed by atoms with Gasteiger partial charge in [0, 0.05) is 6.04 Å². The summed E-state index contributed by atoms with van der Waals surface area (Å²) in [4.78, 5) is 0. The maximum absolute atomic E-state index is 10.1. The minimum absolute atomic E-state index is 0.205. The Morgan fingerprint density at radius 1 is 1.38 bits per heavy atom. The minimum Gasteiger partial charge on any atom is -0.387 e. The van der Waals surface area contributed by atoms with E-state index in [0.717, 1.165) is 18.5 Å². The molecular weight excluding hydrogens is 198 g/mol. The van der Waals surface area contributed by atoms with Gasteiger partial charge in [0.25, 0.3) is 0 Å². The summed E-state index contributed by atoms with van der Waals surface area (Å²) >= 11 is 0. The van der Waals surface area contributed by atoms with Crippen LogP contribution in [0.15, 0.2) is 24.3 Å². The van der Waals surface area contributed by atoms with Crippen molar-refractivity contribution in [2.75, 3.05) is 6.54 Å². The molecule has 0 unspecified atom stereocenters. The van der Waals surface area contributed by atoms with Crippen molar-refractivity contribution in [2.45, 2.75) is 38.8 Å². The van der Waals surface area contributed by atoms with Gasteiger partial charge in [-0.2, -0.15) is 0 Å². The lowest BCUT2D eigenvalue weighted by Gasteiger charge is -2.17. The highest BCUT2D eigenvalue weighted by atomic mass is 16.3. The summed E-state index contributed by atoms with van der Waals surface area (Å²) in [6, 6.07) is 8.39. The highest BCUT2D eigenvalue weighted by Crippen LogP contribution is 2.30. The van der Waals surface area contributed by atoms with E-state index in [2.05, 4.69) is 25.2 Å². The molecule has 88 valence electrons. The summed E-state index contributed by atoms with van der Waals surface area (Å²) < 4.78 is 0. The van der Waals surface area contributed by atoms with Crippen LogP contribution in [0.5, 0.6) is 0 Å². The molecule has 0 spiro atoms. The van der Waals surface area contributed by atoms with E-state index in [-0.39, 0.29) is 12.1 Å². The van der Waals surface area contributed by atoms with E-state index >= 15 is 0 Å². The monoisotopic (exact) mass is 219 g/mol. The second kappa shape index (κ2) is 4.98. The Balaban J connectivity index is 1.92. The first-order chi connectivity index (χ1) is 7.68. The molecule has 0 heterocycles. The lowest BCUT2D eigenvalue weighted by molar-refractivity contribution is 0.141. The fraction of sp³-hybridized carbons (Fsp3) is 0.571. The first kappa shape index (κ1) is 11.6. The van der Waals surface area contributed by atoms with Crippen molar-refractivity contribution >= 4 is 0 Å². The first-order valence-electron chi connectivity index (χ1n) is 6.17. The fourth-order valence-corrected chi connectivity index (χ4v) is 2.32. The molecule has 1 aromatic rings. The molecule has 1 aliphatic rings. The first-order valence-corrected chi connectivity index (χ1v) is 6.17. The second-order valence-corrected chi connectivity index (χ2v) is 5.09. The third-order valence-electron chi connectivity index (χ3n) is 3.32. The fourth-order valence-electron chi connectivity index (χ4n) is 2.32. The number of aliphatic hydroxyl groups is 1. The van der Waals surface area contributed by atoms with Crippen LogP contribution in [0.4, 0.5) is 0 Å². The summed E-state index contributed by atoms with van der Waals surface area (Å²) in [5.41, 5.74) is 2.39. The van der Waals surface area contributed by atoms with E-state index in [4.69, 9.17) is 0 Å². The lowest BCUT2D eigenvalue weighted by Crippen LogP contribution is -2.34. The van der Waals surface area contributed by atoms with Gasteiger partial charge in [0.05, 0.1) is 6.10 Å². The molecule has 2 nitrogen and oxygen atoms in total. The van der Waals surface area contributed by atoms with Gasteiger partial charge in [-0.1, -0.05) is 38.1 Å². The van der Waals surface area contributed by atoms with Crippen molar-refractivity contribution in [1.82, 2.24) is 5.32 Å². The Morgan fingerprint density at radius 2 is 2.12 bits per heavy atom. The van der Waals surface area contributed by atoms with Crippen molar-refractivity contribution in [1.29, 1.82) is 0 Å². The Bertz CT molecular complexity index is 348. The van der Waals surface area contributed by atoms with Crippen LogP contribution in [0.1, 0.15) is 37.5 Å². The number of nitrogens with one attached hydrogen (secondary N) is 1. The highest BCUT2D eigenvalue weighted by molar-refractivity contribution is 5.35. The largest absolute Gasteiger partial charge is 0.387 e. The van der Waals surface area contributed by atoms with Crippen LogP contribution in [0.3, 0.4) is 0 Å². The molecule has 0 amide bonds. The number of benzene rings is 1. The third kappa shape index (κ3) is 2.45. The minimum atomic E-state index is -0.330. The Labute approximate surface area is 97.7 Å². The summed E-state index contributed by atoms with van der Waals surface area (Å²) in [5, 5.41) is 13.6. The molecule has 2 rings (SSSR count). The Morgan fingerprint density at radius 3 is 2.81 bits per heavy atom. The molecule has 0 saturated carbocycles. The van der Waals surface area contributed by atoms with E-state index in [1.54, 1.807) is 0 Å². The summed E-state index contributed by atoms with van der Waals surface area (Å²) in [6.07, 6.45) is 1.79. The van der Waals surface area contributed by atoms with E-state index in [1.807, 2.05) is 18.2 Å². The standard InChI is InChI=1S/C14H21NO/c1-10(2)7-8-15-13-9-11-5-3-4-6-12(11)14(13)16/h3-6,10,13-16H,7-9H2,1-2H3/t13-,14+/m1/s1. The van der Waals surface area contributed by atoms with Crippen molar-refractivity contribution in [3.63, 3.8) is 0 Å². The van der Waals surface area contributed by atoms with Crippen molar-refractivity contribution in [3.05, 3.63) is 35.4 Å². The van der Waals surface area contributed by atoms with Crippen LogP contribution in [-0.2, 0) is 6.42 Å².